The molecule has 6 rings (SSSR count). The molecule has 3 aromatic rings. The van der Waals surface area contributed by atoms with Crippen molar-refractivity contribution in [3.8, 4) is 6.07 Å². The van der Waals surface area contributed by atoms with Gasteiger partial charge >= 0.3 is 0 Å². The Balaban J connectivity index is 1.31. The van der Waals surface area contributed by atoms with Gasteiger partial charge in [0, 0.05) is 78.3 Å². The number of rotatable bonds is 6. The minimum absolute atomic E-state index is 0.0193. The topological polar surface area (TPSA) is 136 Å². The Morgan fingerprint density at radius 2 is 2.00 bits per heavy atom. The SMILES string of the molecule is CC1Cc2nc(C(=O)N3CCN(S(=O)(=O)c4sc5cc(Cl)ccc5c4CC#N)CC3CC(=O)N3CCOCC3)sc2CN1. The number of thiophene rings is 1. The number of benzene rings is 1. The number of nitrogens with one attached hydrogen (secondary N) is 1. The lowest BCUT2D eigenvalue weighted by Crippen LogP contribution is -2.58. The largest absolute Gasteiger partial charge is 0.378 e. The van der Waals surface area contributed by atoms with Gasteiger partial charge in [-0.1, -0.05) is 17.7 Å². The minimum Gasteiger partial charge on any atom is -0.378 e. The predicted molar refractivity (Wildman–Crippen MR) is 164 cm³/mol. The van der Waals surface area contributed by atoms with Crippen molar-refractivity contribution in [3.05, 3.63) is 44.4 Å². The number of piperazine rings is 1. The average Bonchev–Trinajstić information content (AvgIpc) is 3.58. The number of sulfonamides is 1. The highest BCUT2D eigenvalue weighted by Gasteiger charge is 2.41. The van der Waals surface area contributed by atoms with Gasteiger partial charge in [-0.2, -0.15) is 9.57 Å². The summed E-state index contributed by atoms with van der Waals surface area (Å²) in [4.78, 5) is 36.3. The van der Waals surface area contributed by atoms with Crippen LogP contribution < -0.4 is 5.32 Å². The lowest BCUT2D eigenvalue weighted by atomic mass is 10.1. The Hall–Kier alpha value is -2.64. The molecular formula is C28H31ClN6O5S3. The van der Waals surface area contributed by atoms with Crippen LogP contribution in [0.3, 0.4) is 0 Å². The first-order valence-corrected chi connectivity index (χ1v) is 17.6. The minimum atomic E-state index is -4.05. The van der Waals surface area contributed by atoms with Gasteiger partial charge in [-0.05, 0) is 24.4 Å². The Morgan fingerprint density at radius 3 is 2.77 bits per heavy atom. The summed E-state index contributed by atoms with van der Waals surface area (Å²) in [6, 6.07) is 6.79. The third-order valence-electron chi connectivity index (χ3n) is 8.10. The summed E-state index contributed by atoms with van der Waals surface area (Å²) in [5.41, 5.74) is 1.35. The van der Waals surface area contributed by atoms with E-state index in [2.05, 4.69) is 23.3 Å². The smallest absolute Gasteiger partial charge is 0.283 e. The molecule has 2 saturated heterocycles. The highest BCUT2D eigenvalue weighted by molar-refractivity contribution is 7.91. The van der Waals surface area contributed by atoms with Crippen LogP contribution in [0.15, 0.2) is 22.4 Å². The van der Waals surface area contributed by atoms with Gasteiger partial charge in [0.25, 0.3) is 15.9 Å². The maximum atomic E-state index is 14.1. The molecule has 43 heavy (non-hydrogen) atoms. The van der Waals surface area contributed by atoms with Crippen LogP contribution in [0.4, 0.5) is 0 Å². The van der Waals surface area contributed by atoms with Crippen LogP contribution in [0.25, 0.3) is 10.1 Å². The van der Waals surface area contributed by atoms with Crippen molar-refractivity contribution < 1.29 is 22.7 Å². The maximum Gasteiger partial charge on any atom is 0.283 e. The summed E-state index contributed by atoms with van der Waals surface area (Å²) in [7, 11) is -4.05. The molecule has 3 aliphatic rings. The summed E-state index contributed by atoms with van der Waals surface area (Å²) < 4.78 is 35.8. The molecular weight excluding hydrogens is 632 g/mol. The molecule has 1 N–H and O–H groups in total. The van der Waals surface area contributed by atoms with Gasteiger partial charge in [-0.25, -0.2) is 13.4 Å². The van der Waals surface area contributed by atoms with Crippen LogP contribution in [0.2, 0.25) is 5.02 Å². The van der Waals surface area contributed by atoms with E-state index in [1.165, 1.54) is 15.6 Å². The predicted octanol–water partition coefficient (Wildman–Crippen LogP) is 2.88. The summed E-state index contributed by atoms with van der Waals surface area (Å²) in [6.07, 6.45) is 0.639. The molecule has 2 atom stereocenters. The van der Waals surface area contributed by atoms with E-state index in [1.54, 1.807) is 28.0 Å². The fraction of sp³-hybridized carbons (Fsp3) is 0.500. The van der Waals surface area contributed by atoms with E-state index in [1.807, 2.05) is 0 Å². The molecule has 2 amide bonds. The Labute approximate surface area is 263 Å². The van der Waals surface area contributed by atoms with Gasteiger partial charge in [-0.3, -0.25) is 9.59 Å². The number of amides is 2. The van der Waals surface area contributed by atoms with Gasteiger partial charge in [0.15, 0.2) is 5.01 Å². The molecule has 2 fully saturated rings. The van der Waals surface area contributed by atoms with E-state index in [4.69, 9.17) is 16.3 Å². The van der Waals surface area contributed by atoms with Crippen LogP contribution in [0.5, 0.6) is 0 Å². The van der Waals surface area contributed by atoms with E-state index in [0.29, 0.717) is 58.5 Å². The normalized spacial score (nSPS) is 21.5. The van der Waals surface area contributed by atoms with Crippen LogP contribution >= 0.6 is 34.3 Å². The molecule has 5 heterocycles. The van der Waals surface area contributed by atoms with E-state index in [0.717, 1.165) is 28.3 Å². The third kappa shape index (κ3) is 6.04. The van der Waals surface area contributed by atoms with Crippen LogP contribution in [0, 0.1) is 11.3 Å². The number of aromatic nitrogens is 1. The number of thiazole rings is 1. The Kier molecular flexibility index (Phi) is 8.76. The van der Waals surface area contributed by atoms with Gasteiger partial charge in [-0.15, -0.1) is 22.7 Å². The number of morpholine rings is 1. The van der Waals surface area contributed by atoms with Crippen molar-refractivity contribution in [2.45, 2.75) is 49.0 Å². The summed E-state index contributed by atoms with van der Waals surface area (Å²) in [5, 5.41) is 14.4. The number of fused-ring (bicyclic) bond motifs is 2. The summed E-state index contributed by atoms with van der Waals surface area (Å²) in [6.45, 7) is 4.63. The number of ether oxygens (including phenoxy) is 1. The molecule has 0 spiro atoms. The van der Waals surface area contributed by atoms with Gasteiger partial charge in [0.05, 0.1) is 37.4 Å². The highest BCUT2D eigenvalue weighted by Crippen LogP contribution is 2.39. The second kappa shape index (κ2) is 12.4. The van der Waals surface area contributed by atoms with Crippen molar-refractivity contribution in [3.63, 3.8) is 0 Å². The second-order valence-corrected chi connectivity index (χ2v) is 15.6. The highest BCUT2D eigenvalue weighted by atomic mass is 35.5. The first-order valence-electron chi connectivity index (χ1n) is 14.1. The number of carbonyl (C=O) groups excluding carboxylic acids is 2. The van der Waals surface area contributed by atoms with Gasteiger partial charge < -0.3 is 19.9 Å². The molecule has 2 unspecified atom stereocenters. The first-order chi connectivity index (χ1) is 20.7. The first kappa shape index (κ1) is 30.4. The van der Waals surface area contributed by atoms with E-state index >= 15 is 0 Å². The number of nitriles is 1. The van der Waals surface area contributed by atoms with E-state index in [9.17, 15) is 23.3 Å². The monoisotopic (exact) mass is 662 g/mol. The molecule has 0 bridgehead atoms. The van der Waals surface area contributed by atoms with Gasteiger partial charge in [0.2, 0.25) is 5.91 Å². The second-order valence-electron chi connectivity index (χ2n) is 10.9. The molecule has 1 aromatic carbocycles. The van der Waals surface area contributed by atoms with Crippen molar-refractivity contribution in [2.75, 3.05) is 45.9 Å². The van der Waals surface area contributed by atoms with Gasteiger partial charge in [0.1, 0.15) is 4.21 Å². The number of nitrogens with zero attached hydrogens (tertiary/aromatic N) is 5. The lowest BCUT2D eigenvalue weighted by molar-refractivity contribution is -0.136. The zero-order valence-electron chi connectivity index (χ0n) is 23.5. The fourth-order valence-corrected chi connectivity index (χ4v) is 10.5. The van der Waals surface area contributed by atoms with E-state index in [-0.39, 0.29) is 54.5 Å². The fourth-order valence-electron chi connectivity index (χ4n) is 5.83. The number of hydrogen-bond donors (Lipinski definition) is 1. The number of halogens is 1. The Morgan fingerprint density at radius 1 is 1.21 bits per heavy atom. The molecule has 0 saturated carbocycles. The van der Waals surface area contributed by atoms with Crippen molar-refractivity contribution in [1.82, 2.24) is 24.4 Å². The van der Waals surface area contributed by atoms with Crippen LogP contribution in [-0.2, 0) is 38.9 Å². The molecule has 2 aromatic heterocycles. The zero-order valence-corrected chi connectivity index (χ0v) is 26.8. The molecule has 0 radical (unpaired) electrons. The number of hydrogen-bond acceptors (Lipinski definition) is 10. The third-order valence-corrected chi connectivity index (χ3v) is 13.0. The average molecular weight is 663 g/mol. The maximum absolute atomic E-state index is 14.1. The molecule has 11 nitrogen and oxygen atoms in total. The lowest BCUT2D eigenvalue weighted by Gasteiger charge is -2.41. The van der Waals surface area contributed by atoms with Crippen molar-refractivity contribution >= 4 is 66.2 Å². The molecule has 0 aliphatic carbocycles. The van der Waals surface area contributed by atoms with Crippen molar-refractivity contribution in [2.24, 2.45) is 0 Å². The standard InChI is InChI=1S/C28H31ClN6O5S3/c1-17-12-22-24(15-31-17)41-26(32-22)27(37)35-7-6-34(16-19(35)14-25(36)33-8-10-40-11-9-33)43(38,39)28-21(4-5-30)20-3-2-18(29)13-23(20)42-28/h2-3,13,17,19,31H,4,6-12,14-16H2,1H3. The molecule has 15 heteroatoms. The van der Waals surface area contributed by atoms with Crippen molar-refractivity contribution in [1.29, 1.82) is 5.26 Å². The zero-order chi connectivity index (χ0) is 30.3. The molecule has 228 valence electrons. The molecule has 3 aliphatic heterocycles. The van der Waals surface area contributed by atoms with E-state index < -0.39 is 16.1 Å². The Bertz CT molecular complexity index is 1710. The quantitative estimate of drug-likeness (QED) is 0.426. The summed E-state index contributed by atoms with van der Waals surface area (Å²) in [5.74, 6) is -0.436. The van der Waals surface area contributed by atoms with Crippen LogP contribution in [0.1, 0.15) is 39.3 Å². The summed E-state index contributed by atoms with van der Waals surface area (Å²) >= 11 is 8.62. The van der Waals surface area contributed by atoms with Crippen LogP contribution in [-0.4, -0.2) is 97.3 Å². The number of carbonyl (C=O) groups is 2.